The molecule has 1 atom stereocenters. The average molecular weight is 396 g/mol. The van der Waals surface area contributed by atoms with E-state index >= 15 is 0 Å². The molecular weight excluding hydrogens is 372 g/mol. The van der Waals surface area contributed by atoms with Gasteiger partial charge in [0.2, 0.25) is 5.91 Å². The molecule has 1 saturated heterocycles. The number of aromatic nitrogens is 2. The Kier molecular flexibility index (Phi) is 5.90. The number of likely N-dealkylation sites (tertiary alicyclic amines) is 1. The number of amides is 1. The Morgan fingerprint density at radius 1 is 1.28 bits per heavy atom. The summed E-state index contributed by atoms with van der Waals surface area (Å²) >= 11 is 0. The normalized spacial score (nSPS) is 17.2. The average Bonchev–Trinajstić information content (AvgIpc) is 3.41. The van der Waals surface area contributed by atoms with Crippen LogP contribution in [0.5, 0.6) is 5.75 Å². The molecule has 1 amide bonds. The molecule has 0 aliphatic carbocycles. The number of hydrogen-bond donors (Lipinski definition) is 1. The standard InChI is InChI=1S/C21H24N4O4/c1-2-27-18-10-4-3-9-17(18)20-23-24-21(29-20)22-19(26)15-7-5-11-25(13-15)14-16-8-6-12-28-16/h3-4,6,8-10,12,15H,2,5,7,11,13-14H2,1H3,(H,22,24,26). The van der Waals surface area contributed by atoms with Gasteiger partial charge in [-0.3, -0.25) is 15.0 Å². The molecule has 8 heteroatoms. The molecule has 1 aromatic carbocycles. The molecule has 0 spiro atoms. The van der Waals surface area contributed by atoms with Crippen molar-refractivity contribution in [1.82, 2.24) is 15.1 Å². The van der Waals surface area contributed by atoms with E-state index in [-0.39, 0.29) is 17.8 Å². The van der Waals surface area contributed by atoms with E-state index in [1.165, 1.54) is 0 Å². The summed E-state index contributed by atoms with van der Waals surface area (Å²) in [7, 11) is 0. The van der Waals surface area contributed by atoms with Crippen LogP contribution in [0.4, 0.5) is 6.01 Å². The second-order valence-electron chi connectivity index (χ2n) is 6.98. The monoisotopic (exact) mass is 396 g/mol. The zero-order chi connectivity index (χ0) is 20.1. The first-order valence-electron chi connectivity index (χ1n) is 9.84. The first-order valence-corrected chi connectivity index (χ1v) is 9.84. The molecular formula is C21H24N4O4. The number of para-hydroxylation sites is 1. The van der Waals surface area contributed by atoms with E-state index < -0.39 is 0 Å². The zero-order valence-electron chi connectivity index (χ0n) is 16.3. The minimum absolute atomic E-state index is 0.0967. The highest BCUT2D eigenvalue weighted by Crippen LogP contribution is 2.30. The SMILES string of the molecule is CCOc1ccccc1-c1nnc(NC(=O)C2CCCN(Cc3ccco3)C2)o1. The van der Waals surface area contributed by atoms with E-state index in [1.807, 2.05) is 43.3 Å². The van der Waals surface area contributed by atoms with E-state index in [4.69, 9.17) is 13.6 Å². The molecule has 3 heterocycles. The van der Waals surface area contributed by atoms with E-state index in [1.54, 1.807) is 6.26 Å². The molecule has 2 aromatic heterocycles. The zero-order valence-corrected chi connectivity index (χ0v) is 16.3. The lowest BCUT2D eigenvalue weighted by Gasteiger charge is -2.30. The Balaban J connectivity index is 1.39. The molecule has 152 valence electrons. The molecule has 1 N–H and O–H groups in total. The largest absolute Gasteiger partial charge is 0.493 e. The second kappa shape index (κ2) is 8.91. The van der Waals surface area contributed by atoms with Gasteiger partial charge >= 0.3 is 6.01 Å². The Morgan fingerprint density at radius 3 is 3.00 bits per heavy atom. The van der Waals surface area contributed by atoms with Gasteiger partial charge in [0.1, 0.15) is 11.5 Å². The number of carbonyl (C=O) groups excluding carboxylic acids is 1. The van der Waals surface area contributed by atoms with Crippen molar-refractivity contribution < 1.29 is 18.4 Å². The predicted octanol–water partition coefficient (Wildman–Crippen LogP) is 3.58. The summed E-state index contributed by atoms with van der Waals surface area (Å²) < 4.78 is 16.7. The molecule has 4 rings (SSSR count). The van der Waals surface area contributed by atoms with Gasteiger partial charge in [-0.05, 0) is 50.6 Å². The summed E-state index contributed by atoms with van der Waals surface area (Å²) in [6, 6.07) is 11.4. The third kappa shape index (κ3) is 4.65. The van der Waals surface area contributed by atoms with Gasteiger partial charge in [-0.2, -0.15) is 0 Å². The summed E-state index contributed by atoms with van der Waals surface area (Å²) in [5.74, 6) is 1.64. The number of furan rings is 1. The van der Waals surface area contributed by atoms with Crippen molar-refractivity contribution in [2.75, 3.05) is 25.0 Å². The third-order valence-corrected chi connectivity index (χ3v) is 4.91. The molecule has 0 radical (unpaired) electrons. The van der Waals surface area contributed by atoms with Crippen LogP contribution in [0, 0.1) is 5.92 Å². The Hall–Kier alpha value is -3.13. The fourth-order valence-electron chi connectivity index (χ4n) is 3.55. The van der Waals surface area contributed by atoms with Crippen molar-refractivity contribution in [3.05, 3.63) is 48.4 Å². The number of rotatable bonds is 7. The summed E-state index contributed by atoms with van der Waals surface area (Å²) in [4.78, 5) is 14.9. The van der Waals surface area contributed by atoms with Gasteiger partial charge in [0, 0.05) is 6.54 Å². The number of ether oxygens (including phenoxy) is 1. The van der Waals surface area contributed by atoms with Crippen molar-refractivity contribution in [2.24, 2.45) is 5.92 Å². The molecule has 0 saturated carbocycles. The number of carbonyl (C=O) groups is 1. The number of benzene rings is 1. The van der Waals surface area contributed by atoms with Crippen molar-refractivity contribution in [3.63, 3.8) is 0 Å². The van der Waals surface area contributed by atoms with Crippen molar-refractivity contribution >= 4 is 11.9 Å². The molecule has 1 fully saturated rings. The maximum absolute atomic E-state index is 12.7. The Morgan fingerprint density at radius 2 is 2.17 bits per heavy atom. The molecule has 1 unspecified atom stereocenters. The van der Waals surface area contributed by atoms with Crippen LogP contribution in [0.15, 0.2) is 51.5 Å². The number of hydrogen-bond acceptors (Lipinski definition) is 7. The number of piperidine rings is 1. The van der Waals surface area contributed by atoms with Gasteiger partial charge in [0.05, 0.1) is 30.9 Å². The van der Waals surface area contributed by atoms with Crippen LogP contribution in [-0.2, 0) is 11.3 Å². The fourth-order valence-corrected chi connectivity index (χ4v) is 3.55. The van der Waals surface area contributed by atoms with E-state index in [0.717, 1.165) is 25.1 Å². The van der Waals surface area contributed by atoms with Gasteiger partial charge in [0.25, 0.3) is 5.89 Å². The van der Waals surface area contributed by atoms with Crippen molar-refractivity contribution in [2.45, 2.75) is 26.3 Å². The molecule has 8 nitrogen and oxygen atoms in total. The topological polar surface area (TPSA) is 93.6 Å². The van der Waals surface area contributed by atoms with Gasteiger partial charge in [-0.1, -0.05) is 17.2 Å². The van der Waals surface area contributed by atoms with Crippen LogP contribution >= 0.6 is 0 Å². The lowest BCUT2D eigenvalue weighted by atomic mass is 9.97. The number of nitrogens with zero attached hydrogens (tertiary/aromatic N) is 3. The number of anilines is 1. The van der Waals surface area contributed by atoms with Crippen LogP contribution in [0.1, 0.15) is 25.5 Å². The third-order valence-electron chi connectivity index (χ3n) is 4.91. The van der Waals surface area contributed by atoms with Crippen LogP contribution in [0.2, 0.25) is 0 Å². The van der Waals surface area contributed by atoms with Crippen LogP contribution < -0.4 is 10.1 Å². The Bertz CT molecular complexity index is 938. The summed E-state index contributed by atoms with van der Waals surface area (Å²) in [6.07, 6.45) is 3.45. The lowest BCUT2D eigenvalue weighted by molar-refractivity contribution is -0.121. The maximum atomic E-state index is 12.7. The predicted molar refractivity (Wildman–Crippen MR) is 106 cm³/mol. The minimum atomic E-state index is -0.134. The van der Waals surface area contributed by atoms with Gasteiger partial charge in [0.15, 0.2) is 0 Å². The summed E-state index contributed by atoms with van der Waals surface area (Å²) in [5.41, 5.74) is 0.699. The van der Waals surface area contributed by atoms with E-state index in [9.17, 15) is 4.79 Å². The molecule has 1 aliphatic heterocycles. The maximum Gasteiger partial charge on any atom is 0.322 e. The summed E-state index contributed by atoms with van der Waals surface area (Å²) in [5, 5.41) is 10.8. The van der Waals surface area contributed by atoms with Gasteiger partial charge in [-0.15, -0.1) is 5.10 Å². The van der Waals surface area contributed by atoms with Crippen LogP contribution in [0.25, 0.3) is 11.5 Å². The first-order chi connectivity index (χ1) is 14.2. The van der Waals surface area contributed by atoms with Crippen LogP contribution in [-0.4, -0.2) is 40.7 Å². The molecule has 0 bridgehead atoms. The highest BCUT2D eigenvalue weighted by molar-refractivity contribution is 5.90. The van der Waals surface area contributed by atoms with Gasteiger partial charge in [-0.25, -0.2) is 0 Å². The quantitative estimate of drug-likeness (QED) is 0.652. The fraction of sp³-hybridized carbons (Fsp3) is 0.381. The summed E-state index contributed by atoms with van der Waals surface area (Å²) in [6.45, 7) is 4.76. The molecule has 1 aliphatic rings. The van der Waals surface area contributed by atoms with E-state index in [0.29, 0.717) is 36.9 Å². The lowest BCUT2D eigenvalue weighted by Crippen LogP contribution is -2.40. The minimum Gasteiger partial charge on any atom is -0.493 e. The number of nitrogens with one attached hydrogen (secondary N) is 1. The molecule has 3 aromatic rings. The Labute approximate surface area is 168 Å². The van der Waals surface area contributed by atoms with Crippen molar-refractivity contribution in [3.8, 4) is 17.2 Å². The highest BCUT2D eigenvalue weighted by atomic mass is 16.5. The highest BCUT2D eigenvalue weighted by Gasteiger charge is 2.27. The molecule has 29 heavy (non-hydrogen) atoms. The smallest absolute Gasteiger partial charge is 0.322 e. The van der Waals surface area contributed by atoms with Gasteiger partial charge < -0.3 is 13.6 Å². The van der Waals surface area contributed by atoms with Crippen molar-refractivity contribution in [1.29, 1.82) is 0 Å². The second-order valence-corrected chi connectivity index (χ2v) is 6.98. The van der Waals surface area contributed by atoms with Crippen LogP contribution in [0.3, 0.4) is 0 Å². The van der Waals surface area contributed by atoms with E-state index in [2.05, 4.69) is 20.4 Å². The first kappa shape index (κ1) is 19.2.